The summed E-state index contributed by atoms with van der Waals surface area (Å²) in [6.07, 6.45) is 5.99. The van der Waals surface area contributed by atoms with Gasteiger partial charge in [-0.15, -0.1) is 0 Å². The van der Waals surface area contributed by atoms with Crippen LogP contribution in [0, 0.1) is 0 Å². The minimum atomic E-state index is -0.164. The summed E-state index contributed by atoms with van der Waals surface area (Å²) >= 11 is 0. The van der Waals surface area contributed by atoms with Crippen molar-refractivity contribution in [3.05, 3.63) is 59.8 Å². The average Bonchev–Trinajstić information content (AvgIpc) is 2.96. The first kappa shape index (κ1) is 20.8. The van der Waals surface area contributed by atoms with Gasteiger partial charge in [-0.2, -0.15) is 0 Å². The van der Waals surface area contributed by atoms with E-state index in [4.69, 9.17) is 4.74 Å². The molecule has 1 atom stereocenters. The Hall–Kier alpha value is -2.89. The van der Waals surface area contributed by atoms with Crippen LogP contribution in [0.3, 0.4) is 0 Å². The third kappa shape index (κ3) is 6.31. The highest BCUT2D eigenvalue weighted by Gasteiger charge is 2.16. The third-order valence-corrected chi connectivity index (χ3v) is 5.13. The van der Waals surface area contributed by atoms with E-state index in [0.717, 1.165) is 37.8 Å². The summed E-state index contributed by atoms with van der Waals surface area (Å²) in [6, 6.07) is 13.3. The number of nitrogens with one attached hydrogen (secondary N) is 1. The molecule has 0 radical (unpaired) electrons. The number of pyridine rings is 1. The number of carbonyl (C=O) groups excluding carboxylic acids is 2. The molecule has 29 heavy (non-hydrogen) atoms. The molecule has 1 aliphatic heterocycles. The molecule has 2 amide bonds. The van der Waals surface area contributed by atoms with Gasteiger partial charge < -0.3 is 15.0 Å². The summed E-state index contributed by atoms with van der Waals surface area (Å²) in [4.78, 5) is 30.4. The smallest absolute Gasteiger partial charge is 0.252 e. The van der Waals surface area contributed by atoms with Crippen LogP contribution < -0.4 is 10.1 Å². The Labute approximate surface area is 172 Å². The Balaban J connectivity index is 1.42. The molecule has 0 bridgehead atoms. The van der Waals surface area contributed by atoms with Crippen LogP contribution in [0.5, 0.6) is 5.88 Å². The van der Waals surface area contributed by atoms with Gasteiger partial charge in [0.15, 0.2) is 0 Å². The molecule has 0 aliphatic carbocycles. The second-order valence-corrected chi connectivity index (χ2v) is 7.36. The summed E-state index contributed by atoms with van der Waals surface area (Å²) in [6.45, 7) is 4.03. The van der Waals surface area contributed by atoms with E-state index in [1.807, 2.05) is 42.2 Å². The molecule has 0 saturated carbocycles. The number of nitrogens with zero attached hydrogens (tertiary/aromatic N) is 2. The highest BCUT2D eigenvalue weighted by molar-refractivity contribution is 5.93. The standard InChI is InChI=1S/C23H29N3O3/c1-18(19-9-4-2-5-10-19)29-21-13-12-20(17-25-21)23(28)24-14-8-16-26-15-7-3-6-11-22(26)27/h2,4-5,9-10,12-13,17-18H,3,6-8,11,14-16H2,1H3,(H,24,28). The van der Waals surface area contributed by atoms with Gasteiger partial charge in [-0.25, -0.2) is 4.98 Å². The van der Waals surface area contributed by atoms with Crippen LogP contribution in [0.4, 0.5) is 0 Å². The van der Waals surface area contributed by atoms with Crippen molar-refractivity contribution in [2.45, 2.75) is 45.1 Å². The van der Waals surface area contributed by atoms with E-state index < -0.39 is 0 Å². The van der Waals surface area contributed by atoms with E-state index in [2.05, 4.69) is 10.3 Å². The Bertz CT molecular complexity index is 793. The number of ether oxygens (including phenoxy) is 1. The van der Waals surface area contributed by atoms with E-state index in [9.17, 15) is 9.59 Å². The number of hydrogen-bond acceptors (Lipinski definition) is 4. The highest BCUT2D eigenvalue weighted by atomic mass is 16.5. The quantitative estimate of drug-likeness (QED) is 0.691. The first-order valence-electron chi connectivity index (χ1n) is 10.4. The van der Waals surface area contributed by atoms with Gasteiger partial charge >= 0.3 is 0 Å². The van der Waals surface area contributed by atoms with Gasteiger partial charge in [-0.1, -0.05) is 36.8 Å². The number of benzene rings is 1. The van der Waals surface area contributed by atoms with Gasteiger partial charge in [0.2, 0.25) is 11.8 Å². The lowest BCUT2D eigenvalue weighted by molar-refractivity contribution is -0.130. The first-order chi connectivity index (χ1) is 14.1. The molecule has 1 aromatic heterocycles. The van der Waals surface area contributed by atoms with Gasteiger partial charge in [0.25, 0.3) is 5.91 Å². The molecule has 3 rings (SSSR count). The van der Waals surface area contributed by atoms with Gasteiger partial charge in [0.1, 0.15) is 6.10 Å². The molecule has 154 valence electrons. The fraction of sp³-hybridized carbons (Fsp3) is 0.435. The number of hydrogen-bond donors (Lipinski definition) is 1. The number of likely N-dealkylation sites (tertiary alicyclic amines) is 1. The lowest BCUT2D eigenvalue weighted by Crippen LogP contribution is -2.34. The molecule has 1 aromatic carbocycles. The van der Waals surface area contributed by atoms with Crippen LogP contribution in [0.25, 0.3) is 0 Å². The summed E-state index contributed by atoms with van der Waals surface area (Å²) < 4.78 is 5.84. The Morgan fingerprint density at radius 3 is 2.76 bits per heavy atom. The van der Waals surface area contributed by atoms with Crippen molar-refractivity contribution in [1.29, 1.82) is 0 Å². The van der Waals surface area contributed by atoms with Crippen LogP contribution in [0.1, 0.15) is 61.1 Å². The lowest BCUT2D eigenvalue weighted by atomic mass is 10.1. The molecule has 2 heterocycles. The van der Waals surface area contributed by atoms with Crippen molar-refractivity contribution in [3.63, 3.8) is 0 Å². The van der Waals surface area contributed by atoms with E-state index in [1.54, 1.807) is 12.1 Å². The monoisotopic (exact) mass is 395 g/mol. The lowest BCUT2D eigenvalue weighted by Gasteiger charge is -2.20. The van der Waals surface area contributed by atoms with Gasteiger partial charge in [-0.3, -0.25) is 9.59 Å². The zero-order valence-corrected chi connectivity index (χ0v) is 17.0. The van der Waals surface area contributed by atoms with Crippen molar-refractivity contribution < 1.29 is 14.3 Å². The molecule has 0 spiro atoms. The normalized spacial score (nSPS) is 15.5. The van der Waals surface area contributed by atoms with E-state index in [-0.39, 0.29) is 17.9 Å². The average molecular weight is 396 g/mol. The van der Waals surface area contributed by atoms with Crippen molar-refractivity contribution in [2.24, 2.45) is 0 Å². The molecule has 1 N–H and O–H groups in total. The van der Waals surface area contributed by atoms with Gasteiger partial charge in [0.05, 0.1) is 5.56 Å². The molecule has 1 saturated heterocycles. The molecule has 1 unspecified atom stereocenters. The molecule has 2 aromatic rings. The van der Waals surface area contributed by atoms with Crippen LogP contribution in [-0.2, 0) is 4.79 Å². The Kier molecular flexibility index (Phi) is 7.61. The predicted molar refractivity (Wildman–Crippen MR) is 112 cm³/mol. The SMILES string of the molecule is CC(Oc1ccc(C(=O)NCCCN2CCCCCC2=O)cn1)c1ccccc1. The number of rotatable bonds is 8. The summed E-state index contributed by atoms with van der Waals surface area (Å²) in [5.41, 5.74) is 1.56. The second kappa shape index (κ2) is 10.6. The van der Waals surface area contributed by atoms with Gasteiger partial charge in [-0.05, 0) is 37.8 Å². The van der Waals surface area contributed by atoms with Crippen molar-refractivity contribution in [3.8, 4) is 5.88 Å². The van der Waals surface area contributed by atoms with Crippen molar-refractivity contribution in [2.75, 3.05) is 19.6 Å². The van der Waals surface area contributed by atoms with Crippen molar-refractivity contribution in [1.82, 2.24) is 15.2 Å². The second-order valence-electron chi connectivity index (χ2n) is 7.36. The van der Waals surface area contributed by atoms with Crippen molar-refractivity contribution >= 4 is 11.8 Å². The maximum absolute atomic E-state index is 12.3. The van der Waals surface area contributed by atoms with Crippen LogP contribution in [0.2, 0.25) is 0 Å². The van der Waals surface area contributed by atoms with E-state index >= 15 is 0 Å². The first-order valence-corrected chi connectivity index (χ1v) is 10.4. The fourth-order valence-electron chi connectivity index (χ4n) is 3.41. The van der Waals surface area contributed by atoms with E-state index in [0.29, 0.717) is 31.0 Å². The minimum Gasteiger partial charge on any atom is -0.470 e. The molecule has 6 nitrogen and oxygen atoms in total. The zero-order valence-electron chi connectivity index (χ0n) is 17.0. The van der Waals surface area contributed by atoms with Gasteiger partial charge in [0, 0.05) is 38.3 Å². The molecule has 1 aliphatic rings. The minimum absolute atomic E-state index is 0.120. The number of aromatic nitrogens is 1. The zero-order chi connectivity index (χ0) is 20.5. The highest BCUT2D eigenvalue weighted by Crippen LogP contribution is 2.19. The summed E-state index contributed by atoms with van der Waals surface area (Å²) in [5.74, 6) is 0.554. The third-order valence-electron chi connectivity index (χ3n) is 5.13. The predicted octanol–water partition coefficient (Wildman–Crippen LogP) is 3.74. The summed E-state index contributed by atoms with van der Waals surface area (Å²) in [5, 5.41) is 2.90. The number of carbonyl (C=O) groups is 2. The Morgan fingerprint density at radius 1 is 1.17 bits per heavy atom. The van der Waals surface area contributed by atoms with Crippen LogP contribution in [0.15, 0.2) is 48.7 Å². The maximum Gasteiger partial charge on any atom is 0.252 e. The largest absolute Gasteiger partial charge is 0.470 e. The number of amides is 2. The fourth-order valence-corrected chi connectivity index (χ4v) is 3.41. The maximum atomic E-state index is 12.3. The van der Waals surface area contributed by atoms with E-state index in [1.165, 1.54) is 6.20 Å². The Morgan fingerprint density at radius 2 is 2.00 bits per heavy atom. The topological polar surface area (TPSA) is 71.5 Å². The summed E-state index contributed by atoms with van der Waals surface area (Å²) in [7, 11) is 0. The van der Waals surface area contributed by atoms with Crippen LogP contribution in [-0.4, -0.2) is 41.3 Å². The molecule has 1 fully saturated rings. The van der Waals surface area contributed by atoms with Crippen LogP contribution >= 0.6 is 0 Å². The molecular formula is C23H29N3O3. The molecule has 6 heteroatoms. The molecular weight excluding hydrogens is 366 g/mol.